The standard InChI is InChI=1S/C23H26Cl4N2O2S/c1-4-14(2)28-23(31)15(3)29(11-18-19(25)6-5-7-20(18)26)22(30)13-32-12-16-8-9-17(24)10-21(16)27/h5-10,14-15H,4,11-13H2,1-3H3,(H,28,31)/t14-,15-/m1/s1. The van der Waals surface area contributed by atoms with E-state index < -0.39 is 6.04 Å². The first-order chi connectivity index (χ1) is 15.1. The summed E-state index contributed by atoms with van der Waals surface area (Å²) in [6.07, 6.45) is 0.792. The van der Waals surface area contributed by atoms with Crippen molar-refractivity contribution in [2.45, 2.75) is 51.6 Å². The second-order valence-electron chi connectivity index (χ2n) is 7.44. The van der Waals surface area contributed by atoms with Crippen LogP contribution in [0.25, 0.3) is 0 Å². The summed E-state index contributed by atoms with van der Waals surface area (Å²) < 4.78 is 0. The fourth-order valence-electron chi connectivity index (χ4n) is 2.87. The molecule has 0 spiro atoms. The Labute approximate surface area is 213 Å². The fraction of sp³-hybridized carbons (Fsp3) is 0.391. The van der Waals surface area contributed by atoms with Crippen LogP contribution in [0.5, 0.6) is 0 Å². The third kappa shape index (κ3) is 7.74. The third-order valence-electron chi connectivity index (χ3n) is 5.06. The van der Waals surface area contributed by atoms with Crippen molar-refractivity contribution in [2.24, 2.45) is 0 Å². The number of benzene rings is 2. The molecule has 0 saturated heterocycles. The summed E-state index contributed by atoms with van der Waals surface area (Å²) in [6.45, 7) is 5.75. The lowest BCUT2D eigenvalue weighted by Crippen LogP contribution is -2.50. The smallest absolute Gasteiger partial charge is 0.242 e. The number of carbonyl (C=O) groups excluding carboxylic acids is 2. The van der Waals surface area contributed by atoms with Crippen LogP contribution in [-0.4, -0.2) is 34.6 Å². The lowest BCUT2D eigenvalue weighted by Gasteiger charge is -2.30. The van der Waals surface area contributed by atoms with Crippen molar-refractivity contribution >= 4 is 70.0 Å². The van der Waals surface area contributed by atoms with Crippen molar-refractivity contribution < 1.29 is 9.59 Å². The van der Waals surface area contributed by atoms with Crippen LogP contribution in [-0.2, 0) is 21.9 Å². The fourth-order valence-corrected chi connectivity index (χ4v) is 4.86. The van der Waals surface area contributed by atoms with Gasteiger partial charge < -0.3 is 10.2 Å². The first kappa shape index (κ1) is 27.1. The maximum absolute atomic E-state index is 13.2. The summed E-state index contributed by atoms with van der Waals surface area (Å²) in [6, 6.07) is 9.76. The van der Waals surface area contributed by atoms with Crippen LogP contribution in [0.3, 0.4) is 0 Å². The van der Waals surface area contributed by atoms with E-state index in [4.69, 9.17) is 46.4 Å². The van der Waals surface area contributed by atoms with E-state index in [0.29, 0.717) is 31.4 Å². The molecule has 0 saturated carbocycles. The van der Waals surface area contributed by atoms with Crippen molar-refractivity contribution in [3.63, 3.8) is 0 Å². The number of nitrogens with zero attached hydrogens (tertiary/aromatic N) is 1. The van der Waals surface area contributed by atoms with E-state index in [0.717, 1.165) is 12.0 Å². The van der Waals surface area contributed by atoms with Gasteiger partial charge in [0.05, 0.1) is 5.75 Å². The molecular formula is C23H26Cl4N2O2S. The number of thioether (sulfide) groups is 1. The molecule has 0 aliphatic heterocycles. The Kier molecular flexibility index (Phi) is 11.0. The van der Waals surface area contributed by atoms with Gasteiger partial charge in [0.1, 0.15) is 6.04 Å². The zero-order valence-corrected chi connectivity index (χ0v) is 22.0. The lowest BCUT2D eigenvalue weighted by atomic mass is 10.1. The summed E-state index contributed by atoms with van der Waals surface area (Å²) in [4.78, 5) is 27.5. The number of hydrogen-bond acceptors (Lipinski definition) is 3. The Morgan fingerprint density at radius 1 is 1.03 bits per heavy atom. The SMILES string of the molecule is CC[C@@H](C)NC(=O)[C@@H](C)N(Cc1c(Cl)cccc1Cl)C(=O)CSCc1ccc(Cl)cc1Cl. The average molecular weight is 536 g/mol. The van der Waals surface area contributed by atoms with Gasteiger partial charge in [0.15, 0.2) is 0 Å². The van der Waals surface area contributed by atoms with Crippen molar-refractivity contribution in [1.29, 1.82) is 0 Å². The molecule has 1 N–H and O–H groups in total. The van der Waals surface area contributed by atoms with Gasteiger partial charge in [-0.15, -0.1) is 11.8 Å². The number of nitrogens with one attached hydrogen (secondary N) is 1. The lowest BCUT2D eigenvalue weighted by molar-refractivity contribution is -0.138. The Bertz CT molecular complexity index is 937. The molecule has 0 aromatic heterocycles. The van der Waals surface area contributed by atoms with E-state index in [2.05, 4.69) is 5.32 Å². The predicted octanol–water partition coefficient (Wildman–Crippen LogP) is 6.87. The second-order valence-corrected chi connectivity index (χ2v) is 10.1. The van der Waals surface area contributed by atoms with E-state index in [-0.39, 0.29) is 30.2 Å². The van der Waals surface area contributed by atoms with Crippen LogP contribution in [0.1, 0.15) is 38.3 Å². The van der Waals surface area contributed by atoms with Crippen molar-refractivity contribution in [1.82, 2.24) is 10.2 Å². The highest BCUT2D eigenvalue weighted by molar-refractivity contribution is 7.99. The van der Waals surface area contributed by atoms with E-state index in [1.54, 1.807) is 37.3 Å². The largest absolute Gasteiger partial charge is 0.352 e. The zero-order valence-electron chi connectivity index (χ0n) is 18.1. The summed E-state index contributed by atoms with van der Waals surface area (Å²) in [5, 5.41) is 4.95. The Hall–Kier alpha value is -1.11. The molecule has 2 atom stereocenters. The summed E-state index contributed by atoms with van der Waals surface area (Å²) in [5.74, 6) is 0.294. The first-order valence-corrected chi connectivity index (χ1v) is 12.8. The van der Waals surface area contributed by atoms with E-state index in [1.807, 2.05) is 19.9 Å². The summed E-state index contributed by atoms with van der Waals surface area (Å²) in [7, 11) is 0. The molecule has 0 aliphatic carbocycles. The third-order valence-corrected chi connectivity index (χ3v) is 7.32. The van der Waals surface area contributed by atoms with E-state index in [9.17, 15) is 9.59 Å². The van der Waals surface area contributed by atoms with Gasteiger partial charge in [0.2, 0.25) is 11.8 Å². The Morgan fingerprint density at radius 2 is 1.69 bits per heavy atom. The maximum atomic E-state index is 13.2. The molecule has 0 unspecified atom stereocenters. The van der Waals surface area contributed by atoms with Crippen molar-refractivity contribution in [3.8, 4) is 0 Å². The van der Waals surface area contributed by atoms with Crippen molar-refractivity contribution in [2.75, 3.05) is 5.75 Å². The average Bonchev–Trinajstić information content (AvgIpc) is 2.74. The van der Waals surface area contributed by atoms with Gasteiger partial charge in [0, 0.05) is 44.0 Å². The minimum Gasteiger partial charge on any atom is -0.352 e. The molecule has 0 heterocycles. The van der Waals surface area contributed by atoms with Gasteiger partial charge >= 0.3 is 0 Å². The monoisotopic (exact) mass is 534 g/mol. The molecule has 0 aliphatic rings. The molecule has 2 rings (SSSR count). The molecule has 0 radical (unpaired) electrons. The Balaban J connectivity index is 2.16. The van der Waals surface area contributed by atoms with Gasteiger partial charge in [-0.1, -0.05) is 65.5 Å². The van der Waals surface area contributed by atoms with Crippen molar-refractivity contribution in [3.05, 3.63) is 67.6 Å². The topological polar surface area (TPSA) is 49.4 Å². The molecule has 9 heteroatoms. The number of rotatable bonds is 10. The second kappa shape index (κ2) is 13.0. The minimum atomic E-state index is -0.691. The van der Waals surface area contributed by atoms with Gasteiger partial charge in [-0.25, -0.2) is 0 Å². The first-order valence-electron chi connectivity index (χ1n) is 10.2. The quantitative estimate of drug-likeness (QED) is 0.361. The zero-order chi connectivity index (χ0) is 23.8. The van der Waals surface area contributed by atoms with Gasteiger partial charge in [-0.05, 0) is 50.1 Å². The van der Waals surface area contributed by atoms with Crippen LogP contribution >= 0.6 is 58.2 Å². The molecule has 0 fully saturated rings. The van der Waals surface area contributed by atoms with Gasteiger partial charge in [0.25, 0.3) is 0 Å². The summed E-state index contributed by atoms with van der Waals surface area (Å²) >= 11 is 26.2. The van der Waals surface area contributed by atoms with Crippen LogP contribution in [0, 0.1) is 0 Å². The summed E-state index contributed by atoms with van der Waals surface area (Å²) in [5.41, 5.74) is 1.50. The van der Waals surface area contributed by atoms with E-state index in [1.165, 1.54) is 16.7 Å². The number of amides is 2. The molecule has 0 bridgehead atoms. The molecule has 174 valence electrons. The van der Waals surface area contributed by atoms with Crippen LogP contribution in [0.2, 0.25) is 20.1 Å². The number of hydrogen-bond donors (Lipinski definition) is 1. The van der Waals surface area contributed by atoms with Crippen LogP contribution < -0.4 is 5.32 Å². The maximum Gasteiger partial charge on any atom is 0.242 e. The van der Waals surface area contributed by atoms with E-state index >= 15 is 0 Å². The predicted molar refractivity (Wildman–Crippen MR) is 137 cm³/mol. The number of halogens is 4. The molecular weight excluding hydrogens is 510 g/mol. The molecule has 2 aromatic rings. The molecule has 2 amide bonds. The highest BCUT2D eigenvalue weighted by Gasteiger charge is 2.28. The van der Waals surface area contributed by atoms with Gasteiger partial charge in [-0.3, -0.25) is 9.59 Å². The highest BCUT2D eigenvalue weighted by Crippen LogP contribution is 2.28. The normalized spacial score (nSPS) is 12.8. The molecule has 2 aromatic carbocycles. The van der Waals surface area contributed by atoms with Gasteiger partial charge in [-0.2, -0.15) is 0 Å². The minimum absolute atomic E-state index is 0.00669. The highest BCUT2D eigenvalue weighted by atomic mass is 35.5. The number of carbonyl (C=O) groups is 2. The van der Waals surface area contributed by atoms with Crippen LogP contribution in [0.15, 0.2) is 36.4 Å². The molecule has 32 heavy (non-hydrogen) atoms. The Morgan fingerprint density at radius 3 is 2.28 bits per heavy atom. The van der Waals surface area contributed by atoms with Crippen LogP contribution in [0.4, 0.5) is 0 Å². The molecule has 4 nitrogen and oxygen atoms in total.